The van der Waals surface area contributed by atoms with Crippen LogP contribution >= 0.6 is 0 Å². The number of nitrogens with one attached hydrogen (secondary N) is 7. The number of hydrogen-bond donors (Lipinski definition) is 11. The van der Waals surface area contributed by atoms with Crippen molar-refractivity contribution in [3.63, 3.8) is 0 Å². The maximum atomic E-state index is 12.9. The van der Waals surface area contributed by atoms with Gasteiger partial charge in [0.25, 0.3) is 0 Å². The highest BCUT2D eigenvalue weighted by molar-refractivity contribution is 5.87. The maximum absolute atomic E-state index is 12.9. The van der Waals surface area contributed by atoms with Gasteiger partial charge < -0.3 is 55.3 Å². The van der Waals surface area contributed by atoms with Crippen molar-refractivity contribution in [3.8, 4) is 23.0 Å². The zero-order chi connectivity index (χ0) is 58.4. The van der Waals surface area contributed by atoms with E-state index in [9.17, 15) is 71.7 Å². The number of rotatable bonds is 0. The molecule has 11 N–H and O–H groups in total. The Bertz CT molecular complexity index is 4290. The number of halogens is 14. The second-order valence-electron chi connectivity index (χ2n) is 16.8. The molecule has 7 heterocycles. The fourth-order valence-electron chi connectivity index (χ4n) is 7.73. The van der Waals surface area contributed by atoms with Crippen molar-refractivity contribution >= 4 is 76.3 Å². The number of aromatic nitrogens is 7. The molecule has 14 aromatic rings. The molecule has 25 heteroatoms. The van der Waals surface area contributed by atoms with Crippen LogP contribution in [0.1, 0.15) is 0 Å². The molecule has 0 saturated heterocycles. The number of phenols is 4. The topological polar surface area (TPSA) is 191 Å². The van der Waals surface area contributed by atoms with Gasteiger partial charge in [-0.15, -0.1) is 0 Å². The van der Waals surface area contributed by atoms with Gasteiger partial charge in [0, 0.05) is 116 Å². The van der Waals surface area contributed by atoms with Gasteiger partial charge in [-0.25, -0.2) is 61.5 Å². The Balaban J connectivity index is 0.000000124. The first-order chi connectivity index (χ1) is 38.6. The van der Waals surface area contributed by atoms with Gasteiger partial charge in [0.15, 0.2) is 75.5 Å². The van der Waals surface area contributed by atoms with E-state index in [1.54, 1.807) is 49.1 Å². The average Bonchev–Trinajstić information content (AvgIpc) is 4.33. The van der Waals surface area contributed by atoms with Crippen LogP contribution in [-0.4, -0.2) is 55.3 Å². The van der Waals surface area contributed by atoms with Crippen LogP contribution in [0.4, 0.5) is 61.5 Å². The van der Waals surface area contributed by atoms with Gasteiger partial charge in [-0.3, -0.25) is 0 Å². The molecular weight excluding hydrogens is 1100 g/mol. The molecule has 14 rings (SSSR count). The summed E-state index contributed by atoms with van der Waals surface area (Å²) >= 11 is 0. The van der Waals surface area contributed by atoms with Crippen LogP contribution in [-0.2, 0) is 0 Å². The molecule has 7 aromatic carbocycles. The van der Waals surface area contributed by atoms with E-state index in [4.69, 9.17) is 10.2 Å². The van der Waals surface area contributed by atoms with E-state index in [-0.39, 0.29) is 56.1 Å². The second-order valence-corrected chi connectivity index (χ2v) is 16.8. The SMILES string of the molecule is Fc1c(F)c(F)c2[nH]ccc2c1F.Fc1cc(F)c2[nH]ccc2c1F.Fc1cc2cc[nH]c2c(F)c1F.Oc1cc(F)cc2[nH]ccc12.Oc1cc2[nH]ccc2cc1F.Oc1cc2cc[nH]c2cc1F.Oc1ccc(F)c2[nH]ccc12. The summed E-state index contributed by atoms with van der Waals surface area (Å²) in [6.07, 6.45) is 10.6. The smallest absolute Gasteiger partial charge is 0.199 e. The molecule has 0 aliphatic heterocycles. The molecular formula is C56H35F14N7O4. The molecule has 81 heavy (non-hydrogen) atoms. The van der Waals surface area contributed by atoms with Gasteiger partial charge in [0.05, 0.1) is 27.6 Å². The van der Waals surface area contributed by atoms with Crippen LogP contribution in [0.25, 0.3) is 76.3 Å². The van der Waals surface area contributed by atoms with E-state index >= 15 is 0 Å². The molecule has 0 aliphatic carbocycles. The first kappa shape index (κ1) is 56.7. The van der Waals surface area contributed by atoms with E-state index in [1.807, 2.05) is 0 Å². The molecule has 0 unspecified atom stereocenters. The number of fused-ring (bicyclic) bond motifs is 7. The summed E-state index contributed by atoms with van der Waals surface area (Å²) in [5.74, 6) is -15.6. The summed E-state index contributed by atoms with van der Waals surface area (Å²) < 4.78 is 178. The standard InChI is InChI=1S/C8H3F4N.2C8H4F3N.4C8H6FNO/c9-4-3-1-2-13-8(3)7(12)6(11)5(4)10;9-5-3-6(10)8-4(7(5)11)1-2-12-8;9-5-3-4-1-2-12-8(4)7(11)6(5)10;9-5-3-7-6(1-2-10-7)8(11)4-5;9-6-4-7-5(1-2-10-7)3-8(6)11;9-6-3-5-1-2-10-7(5)4-8(6)11;9-6-1-2-7(11)5-3-4-10-8(5)6/h1-2,13H;2*1-3,12H;4*1-4,10-11H. The minimum absolute atomic E-state index is 0.00565. The molecule has 0 aliphatic rings. The number of phenolic OH excluding ortho intramolecular Hbond substituents is 4. The predicted octanol–water partition coefficient (Wildman–Crippen LogP) is 15.9. The Hall–Kier alpha value is -10.5. The van der Waals surface area contributed by atoms with Crippen molar-refractivity contribution < 1.29 is 81.9 Å². The molecule has 7 aromatic heterocycles. The lowest BCUT2D eigenvalue weighted by Crippen LogP contribution is -1.96. The molecule has 0 amide bonds. The Morgan fingerprint density at radius 1 is 0.235 bits per heavy atom. The molecule has 0 atom stereocenters. The third-order valence-corrected chi connectivity index (χ3v) is 11.7. The normalized spacial score (nSPS) is 10.8. The van der Waals surface area contributed by atoms with Gasteiger partial charge in [0.1, 0.15) is 29.0 Å². The lowest BCUT2D eigenvalue weighted by atomic mass is 10.2. The van der Waals surface area contributed by atoms with E-state index in [0.717, 1.165) is 34.5 Å². The highest BCUT2D eigenvalue weighted by atomic mass is 19.2. The Morgan fingerprint density at radius 3 is 1.37 bits per heavy atom. The Kier molecular flexibility index (Phi) is 16.8. The van der Waals surface area contributed by atoms with Crippen molar-refractivity contribution in [1.29, 1.82) is 0 Å². The lowest BCUT2D eigenvalue weighted by molar-refractivity contribution is 0.417. The predicted molar refractivity (Wildman–Crippen MR) is 274 cm³/mol. The van der Waals surface area contributed by atoms with Crippen LogP contribution in [0.3, 0.4) is 0 Å². The molecule has 0 fully saturated rings. The van der Waals surface area contributed by atoms with Crippen LogP contribution in [0.5, 0.6) is 23.0 Å². The highest BCUT2D eigenvalue weighted by Gasteiger charge is 2.21. The molecule has 0 bridgehead atoms. The number of benzene rings is 7. The quantitative estimate of drug-likeness (QED) is 0.0409. The summed E-state index contributed by atoms with van der Waals surface area (Å²) in [5.41, 5.74) is 2.02. The van der Waals surface area contributed by atoms with Gasteiger partial charge in [-0.2, -0.15) is 0 Å². The van der Waals surface area contributed by atoms with Crippen molar-refractivity contribution in [2.45, 2.75) is 0 Å². The van der Waals surface area contributed by atoms with Gasteiger partial charge in [-0.1, -0.05) is 0 Å². The lowest BCUT2D eigenvalue weighted by Gasteiger charge is -1.98. The van der Waals surface area contributed by atoms with E-state index < -0.39 is 75.6 Å². The largest absolute Gasteiger partial charge is 0.507 e. The van der Waals surface area contributed by atoms with E-state index in [0.29, 0.717) is 38.8 Å². The average molecular weight is 1140 g/mol. The highest BCUT2D eigenvalue weighted by Crippen LogP contribution is 2.29. The molecule has 0 saturated carbocycles. The first-order valence-electron chi connectivity index (χ1n) is 22.9. The van der Waals surface area contributed by atoms with Crippen LogP contribution < -0.4 is 0 Å². The monoisotopic (exact) mass is 1140 g/mol. The Labute approximate surface area is 443 Å². The summed E-state index contributed by atoms with van der Waals surface area (Å²) in [7, 11) is 0. The fourth-order valence-corrected chi connectivity index (χ4v) is 7.73. The zero-order valence-corrected chi connectivity index (χ0v) is 40.4. The number of aromatic hydroxyl groups is 4. The fraction of sp³-hybridized carbons (Fsp3) is 0. The first-order valence-corrected chi connectivity index (χ1v) is 22.9. The molecule has 11 nitrogen and oxygen atoms in total. The minimum Gasteiger partial charge on any atom is -0.507 e. The van der Waals surface area contributed by atoms with Crippen molar-refractivity contribution in [2.75, 3.05) is 0 Å². The summed E-state index contributed by atoms with van der Waals surface area (Å²) in [6.45, 7) is 0. The van der Waals surface area contributed by atoms with Crippen molar-refractivity contribution in [2.24, 2.45) is 0 Å². The summed E-state index contributed by atoms with van der Waals surface area (Å²) in [6, 6.07) is 22.5. The number of aromatic amines is 7. The molecule has 0 spiro atoms. The third kappa shape index (κ3) is 12.3. The molecule has 416 valence electrons. The van der Waals surface area contributed by atoms with Crippen LogP contribution in [0.15, 0.2) is 147 Å². The second kappa shape index (κ2) is 24.1. The van der Waals surface area contributed by atoms with E-state index in [2.05, 4.69) is 34.9 Å². The van der Waals surface area contributed by atoms with Crippen molar-refractivity contribution in [3.05, 3.63) is 228 Å². The van der Waals surface area contributed by atoms with Gasteiger partial charge in [-0.05, 0) is 78.9 Å². The van der Waals surface area contributed by atoms with Crippen LogP contribution in [0, 0.1) is 81.4 Å². The maximum Gasteiger partial charge on any atom is 0.199 e. The third-order valence-electron chi connectivity index (χ3n) is 11.7. The summed E-state index contributed by atoms with van der Waals surface area (Å²) in [4.78, 5) is 18.4. The van der Waals surface area contributed by atoms with E-state index in [1.165, 1.54) is 73.2 Å². The minimum atomic E-state index is -1.80. The van der Waals surface area contributed by atoms with Crippen molar-refractivity contribution in [1.82, 2.24) is 34.9 Å². The van der Waals surface area contributed by atoms with Gasteiger partial charge in [0.2, 0.25) is 0 Å². The zero-order valence-electron chi connectivity index (χ0n) is 40.4. The summed E-state index contributed by atoms with van der Waals surface area (Å²) in [5, 5.41) is 39.0. The number of H-pyrrole nitrogens is 7. The number of hydrogen-bond acceptors (Lipinski definition) is 4. The van der Waals surface area contributed by atoms with Crippen LogP contribution in [0.2, 0.25) is 0 Å². The molecule has 0 radical (unpaired) electrons. The van der Waals surface area contributed by atoms with Gasteiger partial charge >= 0.3 is 0 Å². The Morgan fingerprint density at radius 2 is 0.691 bits per heavy atom.